The van der Waals surface area contributed by atoms with Crippen LogP contribution in [0.4, 0.5) is 0 Å². The van der Waals surface area contributed by atoms with Gasteiger partial charge in [0.2, 0.25) is 0 Å². The van der Waals surface area contributed by atoms with E-state index in [-0.39, 0.29) is 12.0 Å². The first-order valence-corrected chi connectivity index (χ1v) is 6.72. The Bertz CT molecular complexity index is 537. The zero-order valence-electron chi connectivity index (χ0n) is 10.8. The molecule has 1 heterocycles. The van der Waals surface area contributed by atoms with Crippen LogP contribution in [0.5, 0.6) is 0 Å². The maximum Gasteiger partial charge on any atom is 0.123 e. The maximum absolute atomic E-state index is 8.46. The number of thiazole rings is 1. The molecule has 1 aromatic carbocycles. The summed E-state index contributed by atoms with van der Waals surface area (Å²) in [5.41, 5.74) is 3.26. The van der Waals surface area contributed by atoms with E-state index >= 15 is 0 Å². The number of aryl methyl sites for hydroxylation is 2. The first-order chi connectivity index (χ1) is 9.06. The molecule has 5 nitrogen and oxygen atoms in total. The molecule has 0 atom stereocenters. The highest BCUT2D eigenvalue weighted by Gasteiger charge is 2.09. The Balaban J connectivity index is 2.09. The monoisotopic (exact) mass is 280 g/mol. The van der Waals surface area contributed by atoms with Gasteiger partial charge in [-0.05, 0) is 13.8 Å². The van der Waals surface area contributed by atoms with Crippen molar-refractivity contribution in [3.8, 4) is 10.6 Å². The van der Waals surface area contributed by atoms with Gasteiger partial charge in [-0.15, -0.1) is 11.3 Å². The SMILES string of the molecule is Cc1ccc(-c2nc(C)c(CCON(O)O)s2)cc1. The molecule has 0 radical (unpaired) electrons. The molecule has 1 aromatic heterocycles. The third kappa shape index (κ3) is 3.82. The fourth-order valence-electron chi connectivity index (χ4n) is 1.70. The van der Waals surface area contributed by atoms with Crippen LogP contribution in [-0.2, 0) is 11.3 Å². The molecule has 19 heavy (non-hydrogen) atoms. The molecule has 0 amide bonds. The molecule has 0 saturated carbocycles. The highest BCUT2D eigenvalue weighted by molar-refractivity contribution is 7.15. The minimum atomic E-state index is -0.267. The number of rotatable bonds is 5. The van der Waals surface area contributed by atoms with E-state index in [1.54, 1.807) is 11.3 Å². The van der Waals surface area contributed by atoms with Crippen LogP contribution < -0.4 is 0 Å². The maximum atomic E-state index is 8.46. The lowest BCUT2D eigenvalue weighted by Gasteiger charge is -2.04. The van der Waals surface area contributed by atoms with E-state index < -0.39 is 0 Å². The van der Waals surface area contributed by atoms with Crippen molar-refractivity contribution in [1.29, 1.82) is 0 Å². The van der Waals surface area contributed by atoms with Gasteiger partial charge in [-0.2, -0.15) is 0 Å². The highest BCUT2D eigenvalue weighted by Crippen LogP contribution is 2.28. The van der Waals surface area contributed by atoms with Crippen molar-refractivity contribution >= 4 is 11.3 Å². The van der Waals surface area contributed by atoms with Crippen LogP contribution in [0.15, 0.2) is 24.3 Å². The lowest BCUT2D eigenvalue weighted by atomic mass is 10.2. The van der Waals surface area contributed by atoms with Gasteiger partial charge in [-0.25, -0.2) is 4.98 Å². The molecular weight excluding hydrogens is 264 g/mol. The molecule has 0 fully saturated rings. The van der Waals surface area contributed by atoms with Gasteiger partial charge in [0.25, 0.3) is 0 Å². The smallest absolute Gasteiger partial charge is 0.123 e. The van der Waals surface area contributed by atoms with Crippen LogP contribution in [0, 0.1) is 13.8 Å². The standard InChI is InChI=1S/C13H16N2O3S/c1-9-3-5-11(6-4-9)13-14-10(2)12(19-13)7-8-18-15(16)17/h3-6,16-17H,7-8H2,1-2H3. The molecule has 0 aliphatic rings. The molecule has 2 aromatic rings. The Hall–Kier alpha value is -1.31. The summed E-state index contributed by atoms with van der Waals surface area (Å²) in [5.74, 6) is 0. The van der Waals surface area contributed by atoms with E-state index in [4.69, 9.17) is 10.4 Å². The Morgan fingerprint density at radius 3 is 2.53 bits per heavy atom. The van der Waals surface area contributed by atoms with E-state index in [1.807, 2.05) is 6.92 Å². The van der Waals surface area contributed by atoms with Gasteiger partial charge < -0.3 is 0 Å². The lowest BCUT2D eigenvalue weighted by Crippen LogP contribution is -2.16. The number of benzene rings is 1. The summed E-state index contributed by atoms with van der Waals surface area (Å²) >= 11 is 1.60. The Kier molecular flexibility index (Phi) is 4.62. The summed E-state index contributed by atoms with van der Waals surface area (Å²) in [4.78, 5) is 10.2. The van der Waals surface area contributed by atoms with Gasteiger partial charge >= 0.3 is 0 Å². The van der Waals surface area contributed by atoms with E-state index in [0.717, 1.165) is 21.1 Å². The summed E-state index contributed by atoms with van der Waals surface area (Å²) in [7, 11) is 0. The second-order valence-corrected chi connectivity index (χ2v) is 5.31. The summed E-state index contributed by atoms with van der Waals surface area (Å²) < 4.78 is 0. The zero-order chi connectivity index (χ0) is 13.8. The van der Waals surface area contributed by atoms with Crippen LogP contribution in [0.1, 0.15) is 16.1 Å². The van der Waals surface area contributed by atoms with E-state index in [9.17, 15) is 0 Å². The predicted molar refractivity (Wildman–Crippen MR) is 72.1 cm³/mol. The molecule has 2 N–H and O–H groups in total. The Morgan fingerprint density at radius 2 is 1.89 bits per heavy atom. The normalized spacial score (nSPS) is 11.2. The Morgan fingerprint density at radius 1 is 1.21 bits per heavy atom. The van der Waals surface area contributed by atoms with Crippen LogP contribution in [0.3, 0.4) is 0 Å². The quantitative estimate of drug-likeness (QED) is 0.824. The highest BCUT2D eigenvalue weighted by atomic mass is 32.1. The van der Waals surface area contributed by atoms with E-state index in [1.165, 1.54) is 5.56 Å². The first-order valence-electron chi connectivity index (χ1n) is 5.90. The molecule has 2 rings (SSSR count). The van der Waals surface area contributed by atoms with Crippen molar-refractivity contribution in [1.82, 2.24) is 10.4 Å². The summed E-state index contributed by atoms with van der Waals surface area (Å²) in [6.07, 6.45) is 0.590. The minimum Gasteiger partial charge on any atom is -0.266 e. The number of hydrogen-bond acceptors (Lipinski definition) is 6. The van der Waals surface area contributed by atoms with Crippen molar-refractivity contribution in [2.24, 2.45) is 0 Å². The second kappa shape index (κ2) is 6.23. The van der Waals surface area contributed by atoms with Gasteiger partial charge in [0.1, 0.15) is 5.01 Å². The fourth-order valence-corrected chi connectivity index (χ4v) is 2.75. The molecule has 0 spiro atoms. The van der Waals surface area contributed by atoms with Gasteiger partial charge in [0.15, 0.2) is 0 Å². The van der Waals surface area contributed by atoms with Crippen LogP contribution in [0.2, 0.25) is 0 Å². The van der Waals surface area contributed by atoms with Crippen molar-refractivity contribution in [3.63, 3.8) is 0 Å². The van der Waals surface area contributed by atoms with Gasteiger partial charge in [-0.1, -0.05) is 29.8 Å². The largest absolute Gasteiger partial charge is 0.266 e. The van der Waals surface area contributed by atoms with Gasteiger partial charge in [0, 0.05) is 16.9 Å². The van der Waals surface area contributed by atoms with Gasteiger partial charge in [-0.3, -0.25) is 15.3 Å². The zero-order valence-corrected chi connectivity index (χ0v) is 11.6. The summed E-state index contributed by atoms with van der Waals surface area (Å²) in [6, 6.07) is 8.22. The van der Waals surface area contributed by atoms with Crippen LogP contribution in [-0.4, -0.2) is 27.4 Å². The fraction of sp³-hybridized carbons (Fsp3) is 0.308. The lowest BCUT2D eigenvalue weighted by molar-refractivity contribution is -0.492. The molecule has 0 saturated heterocycles. The summed E-state index contributed by atoms with van der Waals surface area (Å²) in [5, 5.41) is 17.6. The predicted octanol–water partition coefficient (Wildman–Crippen LogP) is 2.98. The first kappa shape index (κ1) is 14.1. The third-order valence-electron chi connectivity index (χ3n) is 2.73. The van der Waals surface area contributed by atoms with Crippen molar-refractivity contribution in [2.45, 2.75) is 20.3 Å². The average molecular weight is 280 g/mol. The van der Waals surface area contributed by atoms with Crippen molar-refractivity contribution in [2.75, 3.05) is 6.61 Å². The number of hydrogen-bond donors (Lipinski definition) is 2. The molecule has 0 bridgehead atoms. The molecule has 102 valence electrons. The molecular formula is C13H16N2O3S. The molecule has 6 heteroatoms. The van der Waals surface area contributed by atoms with Gasteiger partial charge in [0.05, 0.1) is 17.7 Å². The topological polar surface area (TPSA) is 65.8 Å². The Labute approximate surface area is 115 Å². The van der Waals surface area contributed by atoms with Crippen LogP contribution in [0.25, 0.3) is 10.6 Å². The van der Waals surface area contributed by atoms with Crippen molar-refractivity contribution < 1.29 is 15.3 Å². The third-order valence-corrected chi connectivity index (χ3v) is 3.99. The van der Waals surface area contributed by atoms with Crippen molar-refractivity contribution in [3.05, 3.63) is 40.4 Å². The average Bonchev–Trinajstić information content (AvgIpc) is 2.71. The molecule has 0 unspecified atom stereocenters. The second-order valence-electron chi connectivity index (χ2n) is 4.23. The summed E-state index contributed by atoms with van der Waals surface area (Å²) in [6.45, 7) is 4.19. The minimum absolute atomic E-state index is 0.198. The number of nitrogens with zero attached hydrogens (tertiary/aromatic N) is 2. The number of aromatic nitrogens is 1. The van der Waals surface area contributed by atoms with E-state index in [2.05, 4.69) is 41.0 Å². The molecule has 0 aliphatic heterocycles. The molecule has 0 aliphatic carbocycles. The van der Waals surface area contributed by atoms with Crippen LogP contribution >= 0.6 is 11.3 Å². The van der Waals surface area contributed by atoms with E-state index in [0.29, 0.717) is 6.42 Å².